The zero-order chi connectivity index (χ0) is 24.6. The lowest BCUT2D eigenvalue weighted by molar-refractivity contribution is -0.134. The summed E-state index contributed by atoms with van der Waals surface area (Å²) < 4.78 is 10.7. The average Bonchev–Trinajstić information content (AvgIpc) is 3.42. The second-order valence-corrected chi connectivity index (χ2v) is 9.45. The Morgan fingerprint density at radius 2 is 1.63 bits per heavy atom. The van der Waals surface area contributed by atoms with E-state index in [9.17, 15) is 9.59 Å². The summed E-state index contributed by atoms with van der Waals surface area (Å²) in [4.78, 5) is 30.6. The third-order valence-electron chi connectivity index (χ3n) is 7.30. The molecule has 1 atom stereocenters. The van der Waals surface area contributed by atoms with E-state index in [2.05, 4.69) is 22.3 Å². The van der Waals surface area contributed by atoms with Crippen molar-refractivity contribution >= 4 is 17.5 Å². The normalized spacial score (nSPS) is 17.7. The first-order valence-electron chi connectivity index (χ1n) is 12.7. The van der Waals surface area contributed by atoms with E-state index < -0.39 is 0 Å². The summed E-state index contributed by atoms with van der Waals surface area (Å²) in [5, 5.41) is 3.12. The maximum Gasteiger partial charge on any atom is 0.242 e. The predicted molar refractivity (Wildman–Crippen MR) is 137 cm³/mol. The number of anilines is 1. The molecular formula is C28H37N3O4. The molecule has 1 aliphatic carbocycles. The van der Waals surface area contributed by atoms with Gasteiger partial charge >= 0.3 is 0 Å². The summed E-state index contributed by atoms with van der Waals surface area (Å²) in [7, 11) is 3.18. The number of rotatable bonds is 9. The summed E-state index contributed by atoms with van der Waals surface area (Å²) in [5.74, 6) is 1.78. The van der Waals surface area contributed by atoms with Crippen LogP contribution in [0.4, 0.5) is 5.69 Å². The topological polar surface area (TPSA) is 71.1 Å². The number of hydrogen-bond donors (Lipinski definition) is 1. The third-order valence-corrected chi connectivity index (χ3v) is 7.30. The molecule has 1 N–H and O–H groups in total. The molecule has 0 aromatic heterocycles. The highest BCUT2D eigenvalue weighted by atomic mass is 16.5. The lowest BCUT2D eigenvalue weighted by atomic mass is 9.94. The van der Waals surface area contributed by atoms with Crippen LogP contribution in [-0.2, 0) is 16.0 Å². The average molecular weight is 480 g/mol. The minimum absolute atomic E-state index is 0.0213. The van der Waals surface area contributed by atoms with E-state index in [1.54, 1.807) is 26.4 Å². The largest absolute Gasteiger partial charge is 0.493 e. The number of benzene rings is 2. The van der Waals surface area contributed by atoms with Crippen LogP contribution in [0.2, 0.25) is 0 Å². The Morgan fingerprint density at radius 3 is 2.29 bits per heavy atom. The summed E-state index contributed by atoms with van der Waals surface area (Å²) in [5.41, 5.74) is 1.89. The Hall–Kier alpha value is -3.06. The molecule has 188 valence electrons. The fourth-order valence-electron chi connectivity index (χ4n) is 5.38. The van der Waals surface area contributed by atoms with Gasteiger partial charge in [-0.25, -0.2) is 0 Å². The first-order valence-corrected chi connectivity index (χ1v) is 12.7. The molecule has 1 unspecified atom stereocenters. The highest BCUT2D eigenvalue weighted by molar-refractivity contribution is 5.95. The number of aryl methyl sites for hydroxylation is 1. The Morgan fingerprint density at radius 1 is 0.943 bits per heavy atom. The van der Waals surface area contributed by atoms with Crippen LogP contribution in [0.25, 0.3) is 0 Å². The predicted octanol–water partition coefficient (Wildman–Crippen LogP) is 3.98. The highest BCUT2D eigenvalue weighted by Crippen LogP contribution is 2.33. The fourth-order valence-corrected chi connectivity index (χ4v) is 5.38. The van der Waals surface area contributed by atoms with Gasteiger partial charge in [0.15, 0.2) is 11.5 Å². The molecule has 2 aromatic carbocycles. The molecule has 2 aliphatic rings. The molecule has 1 saturated heterocycles. The van der Waals surface area contributed by atoms with Gasteiger partial charge in [0.1, 0.15) is 0 Å². The van der Waals surface area contributed by atoms with E-state index in [-0.39, 0.29) is 17.9 Å². The standard InChI is InChI=1S/C28H37N3O4/c1-34-24-14-13-23(20-25(24)35-2)29-28(33)27(22-10-6-7-11-22)31-18-16-30(17-19-31)26(32)15-12-21-8-4-3-5-9-21/h3-5,8-9,13-14,20,22,27H,6-7,10-12,15-19H2,1-2H3,(H,29,33). The van der Waals surface area contributed by atoms with Crippen molar-refractivity contribution in [2.24, 2.45) is 5.92 Å². The van der Waals surface area contributed by atoms with Crippen molar-refractivity contribution in [3.8, 4) is 11.5 Å². The zero-order valence-corrected chi connectivity index (χ0v) is 20.9. The number of hydrogen-bond acceptors (Lipinski definition) is 5. The lowest BCUT2D eigenvalue weighted by Gasteiger charge is -2.40. The minimum atomic E-state index is -0.188. The summed E-state index contributed by atoms with van der Waals surface area (Å²) in [6, 6.07) is 15.4. The van der Waals surface area contributed by atoms with Crippen molar-refractivity contribution < 1.29 is 19.1 Å². The van der Waals surface area contributed by atoms with Gasteiger partial charge in [0, 0.05) is 44.4 Å². The van der Waals surface area contributed by atoms with Crippen molar-refractivity contribution in [2.75, 3.05) is 45.7 Å². The molecule has 7 nitrogen and oxygen atoms in total. The summed E-state index contributed by atoms with van der Waals surface area (Å²) in [6.07, 6.45) is 5.76. The van der Waals surface area contributed by atoms with Gasteiger partial charge in [0.2, 0.25) is 11.8 Å². The summed E-state index contributed by atoms with van der Waals surface area (Å²) in [6.45, 7) is 2.77. The van der Waals surface area contributed by atoms with Crippen molar-refractivity contribution in [3.63, 3.8) is 0 Å². The van der Waals surface area contributed by atoms with Gasteiger partial charge in [-0.1, -0.05) is 43.2 Å². The van der Waals surface area contributed by atoms with Crippen LogP contribution in [0.1, 0.15) is 37.7 Å². The number of ether oxygens (including phenoxy) is 2. The second kappa shape index (κ2) is 12.1. The Labute approximate surface area is 208 Å². The van der Waals surface area contributed by atoms with Crippen LogP contribution in [0.3, 0.4) is 0 Å². The first kappa shape index (κ1) is 25.0. The third kappa shape index (κ3) is 6.34. The monoisotopic (exact) mass is 479 g/mol. The molecule has 0 bridgehead atoms. The fraction of sp³-hybridized carbons (Fsp3) is 0.500. The van der Waals surface area contributed by atoms with E-state index in [4.69, 9.17) is 9.47 Å². The van der Waals surface area contributed by atoms with E-state index in [1.807, 2.05) is 29.2 Å². The molecule has 1 heterocycles. The van der Waals surface area contributed by atoms with Gasteiger partial charge in [-0.05, 0) is 42.9 Å². The van der Waals surface area contributed by atoms with Gasteiger partial charge in [-0.2, -0.15) is 0 Å². The molecule has 0 radical (unpaired) electrons. The Bertz CT molecular complexity index is 983. The van der Waals surface area contributed by atoms with Crippen LogP contribution < -0.4 is 14.8 Å². The van der Waals surface area contributed by atoms with Crippen molar-refractivity contribution in [1.29, 1.82) is 0 Å². The molecule has 1 saturated carbocycles. The van der Waals surface area contributed by atoms with E-state index >= 15 is 0 Å². The molecule has 2 aromatic rings. The molecule has 1 aliphatic heterocycles. The maximum atomic E-state index is 13.5. The van der Waals surface area contributed by atoms with Gasteiger partial charge in [-0.3, -0.25) is 14.5 Å². The quantitative estimate of drug-likeness (QED) is 0.589. The van der Waals surface area contributed by atoms with E-state index in [0.717, 1.165) is 32.4 Å². The molecule has 2 fully saturated rings. The minimum Gasteiger partial charge on any atom is -0.493 e. The summed E-state index contributed by atoms with van der Waals surface area (Å²) >= 11 is 0. The van der Waals surface area contributed by atoms with Gasteiger partial charge in [0.25, 0.3) is 0 Å². The van der Waals surface area contributed by atoms with Gasteiger partial charge in [-0.15, -0.1) is 0 Å². The Kier molecular flexibility index (Phi) is 8.64. The van der Waals surface area contributed by atoms with Gasteiger partial charge < -0.3 is 19.7 Å². The van der Waals surface area contributed by atoms with Crippen LogP contribution in [0.5, 0.6) is 11.5 Å². The number of piperazine rings is 1. The van der Waals surface area contributed by atoms with Crippen molar-refractivity contribution in [1.82, 2.24) is 9.80 Å². The van der Waals surface area contributed by atoms with Crippen LogP contribution in [0.15, 0.2) is 48.5 Å². The second-order valence-electron chi connectivity index (χ2n) is 9.45. The lowest BCUT2D eigenvalue weighted by Crippen LogP contribution is -2.57. The molecule has 0 spiro atoms. The number of nitrogens with one attached hydrogen (secondary N) is 1. The maximum absolute atomic E-state index is 13.5. The SMILES string of the molecule is COc1ccc(NC(=O)C(C2CCCC2)N2CCN(C(=O)CCc3ccccc3)CC2)cc1OC. The number of carbonyl (C=O) groups excluding carboxylic acids is 2. The number of carbonyl (C=O) groups is 2. The molecule has 7 heteroatoms. The number of nitrogens with zero attached hydrogens (tertiary/aromatic N) is 2. The van der Waals surface area contributed by atoms with Crippen LogP contribution in [0, 0.1) is 5.92 Å². The highest BCUT2D eigenvalue weighted by Gasteiger charge is 2.37. The first-order chi connectivity index (χ1) is 17.1. The molecular weight excluding hydrogens is 442 g/mol. The zero-order valence-electron chi connectivity index (χ0n) is 20.9. The Balaban J connectivity index is 1.37. The van der Waals surface area contributed by atoms with Gasteiger partial charge in [0.05, 0.1) is 20.3 Å². The van der Waals surface area contributed by atoms with Crippen LogP contribution >= 0.6 is 0 Å². The van der Waals surface area contributed by atoms with Crippen molar-refractivity contribution in [3.05, 3.63) is 54.1 Å². The van der Waals surface area contributed by atoms with E-state index in [0.29, 0.717) is 42.6 Å². The smallest absolute Gasteiger partial charge is 0.242 e. The number of amides is 2. The van der Waals surface area contributed by atoms with Crippen LogP contribution in [-0.4, -0.2) is 68.1 Å². The molecule has 2 amide bonds. The molecule has 35 heavy (non-hydrogen) atoms. The molecule has 4 rings (SSSR count). The van der Waals surface area contributed by atoms with E-state index in [1.165, 1.54) is 18.4 Å². The van der Waals surface area contributed by atoms with Crippen molar-refractivity contribution in [2.45, 2.75) is 44.6 Å². The number of methoxy groups -OCH3 is 2.